The van der Waals surface area contributed by atoms with Crippen molar-refractivity contribution in [1.29, 1.82) is 0 Å². The van der Waals surface area contributed by atoms with E-state index in [1.165, 1.54) is 17.7 Å². The molecule has 0 radical (unpaired) electrons. The monoisotopic (exact) mass is 296 g/mol. The first-order valence-corrected chi connectivity index (χ1v) is 6.21. The molecule has 6 nitrogen and oxygen atoms in total. The highest BCUT2D eigenvalue weighted by Crippen LogP contribution is 2.32. The summed E-state index contributed by atoms with van der Waals surface area (Å²) in [5.74, 6) is -1.29. The van der Waals surface area contributed by atoms with Crippen molar-refractivity contribution in [2.45, 2.75) is 12.5 Å². The first kappa shape index (κ1) is 12.9. The molecule has 1 unspecified atom stereocenters. The smallest absolute Gasteiger partial charge is 0.252 e. The number of carbonyl (C=O) groups excluding carboxylic acids is 2. The number of imide groups is 1. The van der Waals surface area contributed by atoms with E-state index >= 15 is 0 Å². The molecule has 1 aliphatic heterocycles. The number of hydrogen-bond donors (Lipinski definition) is 1. The number of amides is 2. The van der Waals surface area contributed by atoms with Gasteiger partial charge in [-0.05, 0) is 6.07 Å². The molecule has 1 atom stereocenters. The van der Waals surface area contributed by atoms with Crippen molar-refractivity contribution in [1.82, 2.24) is 14.5 Å². The summed E-state index contributed by atoms with van der Waals surface area (Å²) >= 11 is 5.69. The third-order valence-corrected chi connectivity index (χ3v) is 3.72. The molecule has 0 spiro atoms. The van der Waals surface area contributed by atoms with Crippen LogP contribution in [0.4, 0.5) is 10.3 Å². The fourth-order valence-electron chi connectivity index (χ4n) is 2.37. The zero-order valence-corrected chi connectivity index (χ0v) is 11.2. The number of imidazole rings is 1. The number of carbonyl (C=O) groups is 2. The van der Waals surface area contributed by atoms with E-state index in [1.807, 2.05) is 0 Å². The van der Waals surface area contributed by atoms with Crippen LogP contribution in [0.2, 0.25) is 5.02 Å². The predicted molar refractivity (Wildman–Crippen MR) is 70.5 cm³/mol. The summed E-state index contributed by atoms with van der Waals surface area (Å²) in [6.45, 7) is 0. The number of fused-ring (bicyclic) bond motifs is 1. The van der Waals surface area contributed by atoms with Crippen LogP contribution in [0.3, 0.4) is 0 Å². The Morgan fingerprint density at radius 1 is 1.45 bits per heavy atom. The molecule has 0 saturated carbocycles. The van der Waals surface area contributed by atoms with E-state index < -0.39 is 17.8 Å². The molecule has 2 amide bonds. The van der Waals surface area contributed by atoms with Gasteiger partial charge in [-0.15, -0.1) is 0 Å². The second-order valence-electron chi connectivity index (χ2n) is 4.61. The average Bonchev–Trinajstić information content (AvgIpc) is 2.81. The molecule has 1 saturated heterocycles. The molecule has 1 aromatic heterocycles. The summed E-state index contributed by atoms with van der Waals surface area (Å²) in [6, 6.07) is 1.71. The van der Waals surface area contributed by atoms with Gasteiger partial charge in [0.25, 0.3) is 5.91 Å². The highest BCUT2D eigenvalue weighted by molar-refractivity contribution is 6.31. The van der Waals surface area contributed by atoms with Crippen LogP contribution in [0, 0.1) is 5.82 Å². The Kier molecular flexibility index (Phi) is 2.68. The highest BCUT2D eigenvalue weighted by atomic mass is 35.5. The number of rotatable bonds is 1. The third-order valence-electron chi connectivity index (χ3n) is 3.43. The van der Waals surface area contributed by atoms with Crippen molar-refractivity contribution in [2.24, 2.45) is 0 Å². The van der Waals surface area contributed by atoms with E-state index in [1.54, 1.807) is 0 Å². The molecule has 104 valence electrons. The van der Waals surface area contributed by atoms with Crippen molar-refractivity contribution >= 4 is 40.4 Å². The van der Waals surface area contributed by atoms with Crippen LogP contribution in [-0.4, -0.2) is 33.3 Å². The minimum absolute atomic E-state index is 0.0186. The Hall–Kier alpha value is -2.15. The molecule has 1 fully saturated rings. The molecule has 2 heterocycles. The lowest BCUT2D eigenvalue weighted by molar-refractivity contribution is -0.137. The summed E-state index contributed by atoms with van der Waals surface area (Å²) in [4.78, 5) is 28.7. The first-order valence-electron chi connectivity index (χ1n) is 5.83. The van der Waals surface area contributed by atoms with E-state index in [0.29, 0.717) is 11.0 Å². The van der Waals surface area contributed by atoms with Crippen LogP contribution in [0.5, 0.6) is 0 Å². The number of benzene rings is 1. The summed E-state index contributed by atoms with van der Waals surface area (Å²) in [5.41, 5.74) is 6.51. The van der Waals surface area contributed by atoms with Gasteiger partial charge in [-0.25, -0.2) is 9.37 Å². The second-order valence-corrected chi connectivity index (χ2v) is 5.01. The maximum Gasteiger partial charge on any atom is 0.252 e. The molecule has 20 heavy (non-hydrogen) atoms. The lowest BCUT2D eigenvalue weighted by Crippen LogP contribution is -2.27. The van der Waals surface area contributed by atoms with Crippen molar-refractivity contribution < 1.29 is 14.0 Å². The van der Waals surface area contributed by atoms with Gasteiger partial charge in [0, 0.05) is 13.1 Å². The highest BCUT2D eigenvalue weighted by Gasteiger charge is 2.39. The summed E-state index contributed by atoms with van der Waals surface area (Å²) in [5, 5.41) is -0.0758. The lowest BCUT2D eigenvalue weighted by atomic mass is 10.2. The Labute approximate surface area is 117 Å². The zero-order chi connectivity index (χ0) is 14.6. The SMILES string of the molecule is CN1C(=O)CC(n2c(N)nc3cc(Cl)c(F)cc32)C1=O. The molecule has 3 rings (SSSR count). The molecule has 8 heteroatoms. The topological polar surface area (TPSA) is 81.2 Å². The number of likely N-dealkylation sites (N-methyl/N-ethyl adjacent to an activating group) is 1. The largest absolute Gasteiger partial charge is 0.369 e. The lowest BCUT2D eigenvalue weighted by Gasteiger charge is -2.13. The Morgan fingerprint density at radius 3 is 2.75 bits per heavy atom. The fourth-order valence-corrected chi connectivity index (χ4v) is 2.53. The van der Waals surface area contributed by atoms with E-state index in [2.05, 4.69) is 4.98 Å². The molecule has 2 N–H and O–H groups in total. The van der Waals surface area contributed by atoms with Gasteiger partial charge in [0.05, 0.1) is 22.5 Å². The van der Waals surface area contributed by atoms with Gasteiger partial charge in [-0.1, -0.05) is 11.6 Å². The van der Waals surface area contributed by atoms with E-state index in [0.717, 1.165) is 11.0 Å². The van der Waals surface area contributed by atoms with Crippen LogP contribution in [-0.2, 0) is 9.59 Å². The number of hydrogen-bond acceptors (Lipinski definition) is 4. The van der Waals surface area contributed by atoms with Crippen molar-refractivity contribution in [3.63, 3.8) is 0 Å². The number of halogens is 2. The molecule has 1 aromatic carbocycles. The third kappa shape index (κ3) is 1.66. The van der Waals surface area contributed by atoms with Gasteiger partial charge >= 0.3 is 0 Å². The first-order chi connectivity index (χ1) is 9.40. The van der Waals surface area contributed by atoms with E-state index in [-0.39, 0.29) is 23.3 Å². The summed E-state index contributed by atoms with van der Waals surface area (Å²) in [7, 11) is 1.40. The van der Waals surface area contributed by atoms with Crippen molar-refractivity contribution in [3.8, 4) is 0 Å². The van der Waals surface area contributed by atoms with Crippen LogP contribution in [0.25, 0.3) is 11.0 Å². The standard InChI is InChI=1S/C12H10ClFN4O2/c1-17-10(19)4-9(11(17)20)18-8-3-6(14)5(13)2-7(8)16-12(18)15/h2-3,9H,4H2,1H3,(H2,15,16). The number of anilines is 1. The normalized spacial score (nSPS) is 19.4. The number of nitrogens with zero attached hydrogens (tertiary/aromatic N) is 3. The molecular formula is C12H10ClFN4O2. The number of nitrogen functional groups attached to an aromatic ring is 1. The van der Waals surface area contributed by atoms with Gasteiger partial charge in [0.2, 0.25) is 11.9 Å². The van der Waals surface area contributed by atoms with Crippen molar-refractivity contribution in [3.05, 3.63) is 23.0 Å². The number of nitrogens with two attached hydrogens (primary N) is 1. The molecule has 2 aromatic rings. The van der Waals surface area contributed by atoms with Crippen molar-refractivity contribution in [2.75, 3.05) is 12.8 Å². The fraction of sp³-hybridized carbons (Fsp3) is 0.250. The van der Waals surface area contributed by atoms with E-state index in [9.17, 15) is 14.0 Å². The van der Waals surface area contributed by atoms with Gasteiger partial charge in [0.15, 0.2) is 0 Å². The molecule has 0 aliphatic carbocycles. The summed E-state index contributed by atoms with van der Waals surface area (Å²) in [6.07, 6.45) is -0.0186. The van der Waals surface area contributed by atoms with Crippen LogP contribution in [0.1, 0.15) is 12.5 Å². The zero-order valence-electron chi connectivity index (χ0n) is 10.4. The van der Waals surface area contributed by atoms with Gasteiger partial charge in [0.1, 0.15) is 11.9 Å². The second kappa shape index (κ2) is 4.17. The number of aromatic nitrogens is 2. The Bertz CT molecular complexity index is 757. The number of likely N-dealkylation sites (tertiary alicyclic amines) is 1. The Morgan fingerprint density at radius 2 is 2.15 bits per heavy atom. The Balaban J connectivity index is 2.22. The molecular weight excluding hydrogens is 287 g/mol. The molecule has 0 bridgehead atoms. The molecule has 1 aliphatic rings. The van der Waals surface area contributed by atoms with Crippen LogP contribution < -0.4 is 5.73 Å². The van der Waals surface area contributed by atoms with E-state index in [4.69, 9.17) is 17.3 Å². The summed E-state index contributed by atoms with van der Waals surface area (Å²) < 4.78 is 15.0. The maximum absolute atomic E-state index is 13.6. The van der Waals surface area contributed by atoms with Crippen LogP contribution >= 0.6 is 11.6 Å². The minimum Gasteiger partial charge on any atom is -0.369 e. The maximum atomic E-state index is 13.6. The predicted octanol–water partition coefficient (Wildman–Crippen LogP) is 1.34. The van der Waals surface area contributed by atoms with Gasteiger partial charge in [-0.2, -0.15) is 0 Å². The van der Waals surface area contributed by atoms with Crippen LogP contribution in [0.15, 0.2) is 12.1 Å². The quantitative estimate of drug-likeness (QED) is 0.805. The van der Waals surface area contributed by atoms with Gasteiger partial charge < -0.3 is 5.73 Å². The minimum atomic E-state index is -0.793. The average molecular weight is 297 g/mol. The van der Waals surface area contributed by atoms with Gasteiger partial charge in [-0.3, -0.25) is 19.1 Å².